The second-order valence-electron chi connectivity index (χ2n) is 4.27. The van der Waals surface area contributed by atoms with Crippen LogP contribution in [0.4, 0.5) is 5.69 Å². The highest BCUT2D eigenvalue weighted by Gasteiger charge is 2.00. The van der Waals surface area contributed by atoms with Crippen LogP contribution in [-0.4, -0.2) is 29.4 Å². The first-order valence-electron chi connectivity index (χ1n) is 6.53. The van der Waals surface area contributed by atoms with E-state index >= 15 is 0 Å². The number of hydrogen-bond acceptors (Lipinski definition) is 4. The standard InChI is InChI=1S/C14H19N3OS2/c1-15-12-5-2-3-6-13(12)18-7-4-8-20-10-11-9-16-14(19)17-11/h2-3,5-6,9,15H,4,7-8,10H2,1H3,(H2,16,17,19). The van der Waals surface area contributed by atoms with Gasteiger partial charge in [-0.15, -0.1) is 0 Å². The van der Waals surface area contributed by atoms with Crippen molar-refractivity contribution in [3.63, 3.8) is 0 Å². The summed E-state index contributed by atoms with van der Waals surface area (Å²) in [4.78, 5) is 6.08. The van der Waals surface area contributed by atoms with Crippen molar-refractivity contribution in [2.45, 2.75) is 12.2 Å². The van der Waals surface area contributed by atoms with E-state index in [1.807, 2.05) is 49.3 Å². The van der Waals surface area contributed by atoms with Gasteiger partial charge in [0.25, 0.3) is 0 Å². The van der Waals surface area contributed by atoms with E-state index in [1.165, 1.54) is 0 Å². The number of aromatic amines is 2. The molecule has 1 aromatic carbocycles. The van der Waals surface area contributed by atoms with Gasteiger partial charge >= 0.3 is 0 Å². The van der Waals surface area contributed by atoms with Gasteiger partial charge < -0.3 is 20.0 Å². The van der Waals surface area contributed by atoms with Crippen molar-refractivity contribution in [3.8, 4) is 5.75 Å². The largest absolute Gasteiger partial charge is 0.491 e. The van der Waals surface area contributed by atoms with E-state index in [2.05, 4.69) is 15.3 Å². The van der Waals surface area contributed by atoms with Gasteiger partial charge in [-0.3, -0.25) is 0 Å². The number of H-pyrrole nitrogens is 2. The third-order valence-electron chi connectivity index (χ3n) is 2.76. The molecule has 0 saturated carbocycles. The molecular weight excluding hydrogens is 290 g/mol. The lowest BCUT2D eigenvalue weighted by atomic mass is 10.3. The maximum Gasteiger partial charge on any atom is 0.174 e. The molecular formula is C14H19N3OS2. The molecule has 6 heteroatoms. The van der Waals surface area contributed by atoms with Crippen LogP contribution in [0.1, 0.15) is 12.1 Å². The predicted molar refractivity (Wildman–Crippen MR) is 88.2 cm³/mol. The average Bonchev–Trinajstić information content (AvgIpc) is 2.88. The highest BCUT2D eigenvalue weighted by Crippen LogP contribution is 2.23. The van der Waals surface area contributed by atoms with Gasteiger partial charge in [0.15, 0.2) is 4.77 Å². The topological polar surface area (TPSA) is 52.8 Å². The summed E-state index contributed by atoms with van der Waals surface area (Å²) < 4.78 is 6.47. The summed E-state index contributed by atoms with van der Waals surface area (Å²) >= 11 is 6.86. The molecule has 2 aromatic rings. The summed E-state index contributed by atoms with van der Waals surface area (Å²) in [5.41, 5.74) is 2.17. The highest BCUT2D eigenvalue weighted by molar-refractivity contribution is 7.98. The number of para-hydroxylation sites is 2. The summed E-state index contributed by atoms with van der Waals surface area (Å²) in [6.07, 6.45) is 2.95. The van der Waals surface area contributed by atoms with Crippen LogP contribution in [-0.2, 0) is 5.75 Å². The van der Waals surface area contributed by atoms with E-state index in [9.17, 15) is 0 Å². The third-order valence-corrected chi connectivity index (χ3v) is 4.07. The predicted octanol–water partition coefficient (Wildman–Crippen LogP) is 3.82. The normalized spacial score (nSPS) is 10.4. The third kappa shape index (κ3) is 4.61. The Kier molecular flexibility index (Phi) is 6.01. The second-order valence-corrected chi connectivity index (χ2v) is 5.78. The zero-order chi connectivity index (χ0) is 14.2. The van der Waals surface area contributed by atoms with Crippen molar-refractivity contribution >= 4 is 29.7 Å². The molecule has 0 spiro atoms. The number of imidazole rings is 1. The summed E-state index contributed by atoms with van der Waals surface area (Å²) in [5, 5.41) is 3.12. The SMILES string of the molecule is CNc1ccccc1OCCCSCc1c[nH]c(=S)[nH]1. The number of benzene rings is 1. The number of anilines is 1. The van der Waals surface area contributed by atoms with E-state index in [0.29, 0.717) is 4.77 Å². The molecule has 0 fully saturated rings. The Morgan fingerprint density at radius 3 is 2.95 bits per heavy atom. The minimum absolute atomic E-state index is 0.688. The summed E-state index contributed by atoms with van der Waals surface area (Å²) in [6.45, 7) is 0.731. The van der Waals surface area contributed by atoms with Crippen LogP contribution in [0.2, 0.25) is 0 Å². The van der Waals surface area contributed by atoms with Gasteiger partial charge in [-0.1, -0.05) is 12.1 Å². The Bertz CT molecular complexity index is 580. The number of aromatic nitrogens is 2. The molecule has 20 heavy (non-hydrogen) atoms. The lowest BCUT2D eigenvalue weighted by Crippen LogP contribution is -2.01. The summed E-state index contributed by atoms with van der Waals surface area (Å²) in [7, 11) is 1.90. The van der Waals surface area contributed by atoms with Gasteiger partial charge in [0, 0.05) is 24.7 Å². The molecule has 108 valence electrons. The van der Waals surface area contributed by atoms with Gasteiger partial charge in [0.05, 0.1) is 12.3 Å². The number of ether oxygens (including phenoxy) is 1. The van der Waals surface area contributed by atoms with Crippen LogP contribution in [0, 0.1) is 4.77 Å². The lowest BCUT2D eigenvalue weighted by Gasteiger charge is -2.10. The zero-order valence-electron chi connectivity index (χ0n) is 11.4. The zero-order valence-corrected chi connectivity index (χ0v) is 13.1. The van der Waals surface area contributed by atoms with Crippen molar-refractivity contribution in [2.75, 3.05) is 24.7 Å². The van der Waals surface area contributed by atoms with Crippen molar-refractivity contribution in [1.29, 1.82) is 0 Å². The van der Waals surface area contributed by atoms with Crippen LogP contribution >= 0.6 is 24.0 Å². The van der Waals surface area contributed by atoms with Crippen LogP contribution < -0.4 is 10.1 Å². The lowest BCUT2D eigenvalue weighted by molar-refractivity contribution is 0.320. The van der Waals surface area contributed by atoms with Crippen molar-refractivity contribution in [3.05, 3.63) is 40.9 Å². The maximum absolute atomic E-state index is 5.78. The molecule has 0 bridgehead atoms. The van der Waals surface area contributed by atoms with Crippen molar-refractivity contribution < 1.29 is 4.74 Å². The first-order valence-corrected chi connectivity index (χ1v) is 8.10. The van der Waals surface area contributed by atoms with Crippen molar-refractivity contribution in [1.82, 2.24) is 9.97 Å². The van der Waals surface area contributed by atoms with Gasteiger partial charge in [0.2, 0.25) is 0 Å². The molecule has 0 atom stereocenters. The minimum atomic E-state index is 0.688. The molecule has 1 heterocycles. The molecule has 0 radical (unpaired) electrons. The molecule has 0 aliphatic rings. The Morgan fingerprint density at radius 1 is 1.35 bits per heavy atom. The quantitative estimate of drug-likeness (QED) is 0.512. The van der Waals surface area contributed by atoms with Gasteiger partial charge in [0.1, 0.15) is 5.75 Å². The molecule has 0 aliphatic carbocycles. The monoisotopic (exact) mass is 309 g/mol. The fraction of sp³-hybridized carbons (Fsp3) is 0.357. The molecule has 1 aromatic heterocycles. The molecule has 2 rings (SSSR count). The second kappa shape index (κ2) is 8.01. The van der Waals surface area contributed by atoms with Crippen LogP contribution in [0.3, 0.4) is 0 Å². The number of nitrogens with one attached hydrogen (secondary N) is 3. The van der Waals surface area contributed by atoms with E-state index < -0.39 is 0 Å². The number of thioether (sulfide) groups is 1. The summed E-state index contributed by atoms with van der Waals surface area (Å²) in [6, 6.07) is 7.98. The number of hydrogen-bond donors (Lipinski definition) is 3. The van der Waals surface area contributed by atoms with Gasteiger partial charge in [-0.2, -0.15) is 11.8 Å². The Labute approximate surface area is 128 Å². The first kappa shape index (κ1) is 15.0. The van der Waals surface area contributed by atoms with Crippen LogP contribution in [0.25, 0.3) is 0 Å². The van der Waals surface area contributed by atoms with Gasteiger partial charge in [-0.05, 0) is 36.5 Å². The molecule has 0 amide bonds. The van der Waals surface area contributed by atoms with Crippen molar-refractivity contribution in [2.24, 2.45) is 0 Å². The molecule has 0 aliphatic heterocycles. The number of rotatable bonds is 8. The minimum Gasteiger partial charge on any atom is -0.491 e. The highest BCUT2D eigenvalue weighted by atomic mass is 32.2. The van der Waals surface area contributed by atoms with Gasteiger partial charge in [-0.25, -0.2) is 0 Å². The maximum atomic E-state index is 5.78. The fourth-order valence-corrected chi connectivity index (χ4v) is 2.80. The van der Waals surface area contributed by atoms with E-state index in [-0.39, 0.29) is 0 Å². The Morgan fingerprint density at radius 2 is 2.20 bits per heavy atom. The molecule has 0 saturated heterocycles. The smallest absolute Gasteiger partial charge is 0.174 e. The van der Waals surface area contributed by atoms with Crippen LogP contribution in [0.5, 0.6) is 5.75 Å². The molecule has 3 N–H and O–H groups in total. The van der Waals surface area contributed by atoms with E-state index in [1.54, 1.807) is 0 Å². The molecule has 4 nitrogen and oxygen atoms in total. The molecule has 0 unspecified atom stereocenters. The Hall–Kier alpha value is -1.40. The van der Waals surface area contributed by atoms with E-state index in [0.717, 1.165) is 41.7 Å². The van der Waals surface area contributed by atoms with E-state index in [4.69, 9.17) is 17.0 Å². The summed E-state index contributed by atoms with van der Waals surface area (Å²) in [5.74, 6) is 2.92. The first-order chi connectivity index (χ1) is 9.79. The van der Waals surface area contributed by atoms with Crippen LogP contribution in [0.15, 0.2) is 30.5 Å². The average molecular weight is 309 g/mol. The Balaban J connectivity index is 1.63. The fourth-order valence-electron chi connectivity index (χ4n) is 1.77.